The first-order valence-electron chi connectivity index (χ1n) is 9.02. The minimum absolute atomic E-state index is 0.0276. The number of nitrogens with one attached hydrogen (secondary N) is 1. The molecule has 0 unspecified atom stereocenters. The number of rotatable bonds is 4. The molecule has 0 aliphatic rings. The molecule has 0 amide bonds. The molecule has 25 heavy (non-hydrogen) atoms. The Morgan fingerprint density at radius 1 is 1.00 bits per heavy atom. The van der Waals surface area contributed by atoms with Gasteiger partial charge in [-0.25, -0.2) is 0 Å². The predicted octanol–water partition coefficient (Wildman–Crippen LogP) is 4.91. The van der Waals surface area contributed by atoms with Crippen LogP contribution in [0.1, 0.15) is 64.1 Å². The number of phenols is 1. The standard InChI is InChI=1S/C21H33N3O/c1-14-11-15(2)24(23-14)10-9-22-18-13-16(20(3,4)5)12-17(19(18)25)21(6,7)8/h11-13,22,25H,9-10H2,1-8H3. The van der Waals surface area contributed by atoms with Crippen molar-refractivity contribution in [3.63, 3.8) is 0 Å². The molecule has 0 saturated heterocycles. The largest absolute Gasteiger partial charge is 0.505 e. The molecule has 0 radical (unpaired) electrons. The Balaban J connectivity index is 2.28. The Morgan fingerprint density at radius 3 is 2.12 bits per heavy atom. The fourth-order valence-corrected chi connectivity index (χ4v) is 2.97. The highest BCUT2D eigenvalue weighted by atomic mass is 16.3. The molecular formula is C21H33N3O. The summed E-state index contributed by atoms with van der Waals surface area (Å²) in [6.07, 6.45) is 0. The lowest BCUT2D eigenvalue weighted by molar-refractivity contribution is 0.446. The molecule has 0 aliphatic carbocycles. The molecule has 138 valence electrons. The second-order valence-electron chi connectivity index (χ2n) is 9.00. The van der Waals surface area contributed by atoms with Gasteiger partial charge in [-0.1, -0.05) is 47.6 Å². The van der Waals surface area contributed by atoms with E-state index in [0.29, 0.717) is 12.3 Å². The third kappa shape index (κ3) is 4.56. The quantitative estimate of drug-likeness (QED) is 0.775. The summed E-state index contributed by atoms with van der Waals surface area (Å²) in [6.45, 7) is 18.6. The minimum atomic E-state index is -0.114. The van der Waals surface area contributed by atoms with Gasteiger partial charge in [0.2, 0.25) is 0 Å². The van der Waals surface area contributed by atoms with E-state index in [-0.39, 0.29) is 10.8 Å². The highest BCUT2D eigenvalue weighted by Crippen LogP contribution is 2.40. The van der Waals surface area contributed by atoms with Crippen LogP contribution < -0.4 is 5.32 Å². The van der Waals surface area contributed by atoms with Crippen molar-refractivity contribution >= 4 is 5.69 Å². The van der Waals surface area contributed by atoms with E-state index < -0.39 is 0 Å². The van der Waals surface area contributed by atoms with Crippen LogP contribution in [0, 0.1) is 13.8 Å². The molecule has 0 atom stereocenters. The molecule has 0 spiro atoms. The average molecular weight is 344 g/mol. The summed E-state index contributed by atoms with van der Waals surface area (Å²) < 4.78 is 2.00. The first-order chi connectivity index (χ1) is 11.4. The van der Waals surface area contributed by atoms with E-state index >= 15 is 0 Å². The molecule has 4 nitrogen and oxygen atoms in total. The Bertz CT molecular complexity index is 746. The van der Waals surface area contributed by atoms with Gasteiger partial charge < -0.3 is 10.4 Å². The van der Waals surface area contributed by atoms with E-state index in [4.69, 9.17) is 0 Å². The summed E-state index contributed by atoms with van der Waals surface area (Å²) in [4.78, 5) is 0. The number of phenolic OH excluding ortho intramolecular Hbond substituents is 1. The molecular weight excluding hydrogens is 310 g/mol. The maximum Gasteiger partial charge on any atom is 0.142 e. The van der Waals surface area contributed by atoms with Crippen LogP contribution in [0.15, 0.2) is 18.2 Å². The van der Waals surface area contributed by atoms with Crippen molar-refractivity contribution in [2.45, 2.75) is 72.8 Å². The van der Waals surface area contributed by atoms with Crippen LogP contribution in [0.4, 0.5) is 5.69 Å². The SMILES string of the molecule is Cc1cc(C)n(CCNc2cc(C(C)(C)C)cc(C(C)(C)C)c2O)n1. The lowest BCUT2D eigenvalue weighted by Crippen LogP contribution is -2.19. The van der Waals surface area contributed by atoms with Gasteiger partial charge in [0.05, 0.1) is 17.9 Å². The van der Waals surface area contributed by atoms with E-state index in [2.05, 4.69) is 77.1 Å². The number of aromatic hydroxyl groups is 1. The van der Waals surface area contributed by atoms with Gasteiger partial charge in [-0.2, -0.15) is 5.10 Å². The summed E-state index contributed by atoms with van der Waals surface area (Å²) in [6, 6.07) is 6.29. The molecule has 0 aliphatic heterocycles. The van der Waals surface area contributed by atoms with E-state index in [1.807, 2.05) is 11.6 Å². The minimum Gasteiger partial charge on any atom is -0.505 e. The lowest BCUT2D eigenvalue weighted by atomic mass is 9.79. The van der Waals surface area contributed by atoms with Crippen LogP contribution in [-0.2, 0) is 17.4 Å². The van der Waals surface area contributed by atoms with Crippen molar-refractivity contribution < 1.29 is 5.11 Å². The van der Waals surface area contributed by atoms with Crippen LogP contribution >= 0.6 is 0 Å². The lowest BCUT2D eigenvalue weighted by Gasteiger charge is -2.27. The molecule has 0 fully saturated rings. The van der Waals surface area contributed by atoms with Crippen LogP contribution in [-0.4, -0.2) is 21.4 Å². The fraction of sp³-hybridized carbons (Fsp3) is 0.571. The zero-order chi connectivity index (χ0) is 19.0. The normalized spacial score (nSPS) is 12.5. The smallest absolute Gasteiger partial charge is 0.142 e. The number of aromatic nitrogens is 2. The Kier molecular flexibility index (Phi) is 5.22. The van der Waals surface area contributed by atoms with Crippen molar-refractivity contribution in [2.75, 3.05) is 11.9 Å². The molecule has 2 aromatic rings. The Labute approximate surface area is 152 Å². The second kappa shape index (κ2) is 6.74. The molecule has 1 heterocycles. The van der Waals surface area contributed by atoms with Gasteiger partial charge in [0.1, 0.15) is 5.75 Å². The van der Waals surface area contributed by atoms with E-state index in [9.17, 15) is 5.11 Å². The third-order valence-corrected chi connectivity index (χ3v) is 4.53. The van der Waals surface area contributed by atoms with Crippen molar-refractivity contribution in [1.82, 2.24) is 9.78 Å². The van der Waals surface area contributed by atoms with Crippen molar-refractivity contribution in [2.24, 2.45) is 0 Å². The molecule has 2 N–H and O–H groups in total. The van der Waals surface area contributed by atoms with Gasteiger partial charge in [0.15, 0.2) is 0 Å². The number of benzene rings is 1. The van der Waals surface area contributed by atoms with E-state index in [1.54, 1.807) is 0 Å². The molecule has 0 bridgehead atoms. The number of anilines is 1. The third-order valence-electron chi connectivity index (χ3n) is 4.53. The maximum absolute atomic E-state index is 10.8. The first-order valence-corrected chi connectivity index (χ1v) is 9.02. The monoisotopic (exact) mass is 343 g/mol. The number of hydrogen-bond acceptors (Lipinski definition) is 3. The number of aryl methyl sites for hydroxylation is 2. The van der Waals surface area contributed by atoms with Gasteiger partial charge in [-0.3, -0.25) is 4.68 Å². The molecule has 1 aromatic carbocycles. The van der Waals surface area contributed by atoms with Crippen LogP contribution in [0.3, 0.4) is 0 Å². The first kappa shape index (κ1) is 19.4. The van der Waals surface area contributed by atoms with Crippen LogP contribution in [0.5, 0.6) is 5.75 Å². The van der Waals surface area contributed by atoms with E-state index in [0.717, 1.165) is 29.2 Å². The average Bonchev–Trinajstić information content (AvgIpc) is 2.76. The zero-order valence-corrected chi connectivity index (χ0v) is 17.0. The van der Waals surface area contributed by atoms with Gasteiger partial charge in [-0.15, -0.1) is 0 Å². The summed E-state index contributed by atoms with van der Waals surface area (Å²) in [7, 11) is 0. The van der Waals surface area contributed by atoms with Crippen LogP contribution in [0.25, 0.3) is 0 Å². The van der Waals surface area contributed by atoms with Crippen molar-refractivity contribution in [3.8, 4) is 5.75 Å². The number of nitrogens with zero attached hydrogens (tertiary/aromatic N) is 2. The molecule has 4 heteroatoms. The highest BCUT2D eigenvalue weighted by Gasteiger charge is 2.24. The second-order valence-corrected chi connectivity index (χ2v) is 9.00. The fourth-order valence-electron chi connectivity index (χ4n) is 2.97. The maximum atomic E-state index is 10.8. The Hall–Kier alpha value is -1.97. The summed E-state index contributed by atoms with van der Waals surface area (Å²) in [5.41, 5.74) is 5.11. The van der Waals surface area contributed by atoms with Gasteiger partial charge in [-0.05, 0) is 42.4 Å². The van der Waals surface area contributed by atoms with Gasteiger partial charge in [0, 0.05) is 17.8 Å². The van der Waals surface area contributed by atoms with Crippen molar-refractivity contribution in [3.05, 3.63) is 40.7 Å². The van der Waals surface area contributed by atoms with Crippen molar-refractivity contribution in [1.29, 1.82) is 0 Å². The van der Waals surface area contributed by atoms with Crippen LogP contribution in [0.2, 0.25) is 0 Å². The van der Waals surface area contributed by atoms with Gasteiger partial charge >= 0.3 is 0 Å². The molecule has 0 saturated carbocycles. The Morgan fingerprint density at radius 2 is 1.64 bits per heavy atom. The van der Waals surface area contributed by atoms with E-state index in [1.165, 1.54) is 5.56 Å². The summed E-state index contributed by atoms with van der Waals surface area (Å²) in [5.74, 6) is 0.355. The zero-order valence-electron chi connectivity index (χ0n) is 17.0. The molecule has 1 aromatic heterocycles. The summed E-state index contributed by atoms with van der Waals surface area (Å²) >= 11 is 0. The topological polar surface area (TPSA) is 50.1 Å². The van der Waals surface area contributed by atoms with Gasteiger partial charge in [0.25, 0.3) is 0 Å². The molecule has 2 rings (SSSR count). The number of hydrogen-bond donors (Lipinski definition) is 2. The summed E-state index contributed by atoms with van der Waals surface area (Å²) in [5, 5.41) is 18.7. The predicted molar refractivity (Wildman–Crippen MR) is 106 cm³/mol. The highest BCUT2D eigenvalue weighted by molar-refractivity contribution is 5.63.